The summed E-state index contributed by atoms with van der Waals surface area (Å²) in [5.41, 5.74) is -3.09. The van der Waals surface area contributed by atoms with Crippen molar-refractivity contribution in [2.24, 2.45) is 0 Å². The second-order valence-electron chi connectivity index (χ2n) is 8.48. The summed E-state index contributed by atoms with van der Waals surface area (Å²) in [4.78, 5) is 27.8. The number of fused-ring (bicyclic) bond motifs is 1. The molecule has 38 heavy (non-hydrogen) atoms. The van der Waals surface area contributed by atoms with Crippen LogP contribution in [-0.2, 0) is 28.4 Å². The number of carbonyl (C=O) groups excluding carboxylic acids is 2. The average molecular weight is 587 g/mol. The van der Waals surface area contributed by atoms with Gasteiger partial charge in [0.15, 0.2) is 0 Å². The summed E-state index contributed by atoms with van der Waals surface area (Å²) in [7, 11) is 1.02. The van der Waals surface area contributed by atoms with Gasteiger partial charge in [-0.15, -0.1) is 0 Å². The predicted octanol–water partition coefficient (Wildman–Crippen LogP) is 8.10. The molecule has 14 heteroatoms. The van der Waals surface area contributed by atoms with Crippen LogP contribution in [0.2, 0.25) is 10.0 Å². The second-order valence-corrected chi connectivity index (χ2v) is 9.27. The fourth-order valence-electron chi connectivity index (χ4n) is 4.33. The molecule has 0 unspecified atom stereocenters. The van der Waals surface area contributed by atoms with Crippen LogP contribution < -0.4 is 4.90 Å². The maximum Gasteiger partial charge on any atom is 0.416 e. The number of nitrogens with zero attached hydrogens (tertiary/aromatic N) is 2. The van der Waals surface area contributed by atoms with Crippen molar-refractivity contribution >= 4 is 41.1 Å². The van der Waals surface area contributed by atoms with Crippen molar-refractivity contribution in [1.82, 2.24) is 4.90 Å². The SMILES string of the molecule is CCOC(=O)N1c2c(ccc(Cl)c2Cl)[C@@H](N(Cc2cc(C(F)(F)F)cc(C(F)(F)F)c2)C(=O)OC)C[C@H]1C. The summed E-state index contributed by atoms with van der Waals surface area (Å²) in [5.74, 6) is 0. The Labute approximate surface area is 224 Å². The Kier molecular flexibility index (Phi) is 8.67. The van der Waals surface area contributed by atoms with Gasteiger partial charge in [-0.2, -0.15) is 26.3 Å². The number of hydrogen-bond acceptors (Lipinski definition) is 4. The third kappa shape index (κ3) is 6.06. The van der Waals surface area contributed by atoms with Crippen LogP contribution in [0, 0.1) is 0 Å². The molecule has 0 aromatic heterocycles. The quantitative estimate of drug-likeness (QED) is 0.340. The van der Waals surface area contributed by atoms with Crippen LogP contribution in [0.25, 0.3) is 0 Å². The molecule has 1 aliphatic heterocycles. The van der Waals surface area contributed by atoms with Crippen LogP contribution in [0.3, 0.4) is 0 Å². The van der Waals surface area contributed by atoms with E-state index >= 15 is 0 Å². The Morgan fingerprint density at radius 3 is 2.13 bits per heavy atom. The Hall–Kier alpha value is -2.86. The van der Waals surface area contributed by atoms with Gasteiger partial charge in [0.1, 0.15) is 0 Å². The van der Waals surface area contributed by atoms with Gasteiger partial charge < -0.3 is 9.47 Å². The van der Waals surface area contributed by atoms with E-state index < -0.39 is 59.9 Å². The largest absolute Gasteiger partial charge is 0.453 e. The van der Waals surface area contributed by atoms with Gasteiger partial charge in [-0.05, 0) is 50.1 Å². The van der Waals surface area contributed by atoms with E-state index in [1.165, 1.54) is 17.0 Å². The topological polar surface area (TPSA) is 59.1 Å². The highest BCUT2D eigenvalue weighted by Crippen LogP contribution is 2.47. The van der Waals surface area contributed by atoms with Gasteiger partial charge >= 0.3 is 24.5 Å². The molecule has 0 saturated carbocycles. The lowest BCUT2D eigenvalue weighted by atomic mass is 9.90. The van der Waals surface area contributed by atoms with E-state index in [0.29, 0.717) is 12.1 Å². The van der Waals surface area contributed by atoms with Crippen LogP contribution in [0.5, 0.6) is 0 Å². The maximum absolute atomic E-state index is 13.4. The summed E-state index contributed by atoms with van der Waals surface area (Å²) in [5, 5.41) is 0.0295. The van der Waals surface area contributed by atoms with Gasteiger partial charge in [0.25, 0.3) is 0 Å². The van der Waals surface area contributed by atoms with Crippen LogP contribution in [-0.4, -0.2) is 36.8 Å². The monoisotopic (exact) mass is 586 g/mol. The Morgan fingerprint density at radius 1 is 1.05 bits per heavy atom. The summed E-state index contributed by atoms with van der Waals surface area (Å²) in [6.07, 6.45) is -11.9. The van der Waals surface area contributed by atoms with E-state index in [4.69, 9.17) is 32.7 Å². The molecular formula is C24H22Cl2F6N2O4. The van der Waals surface area contributed by atoms with Gasteiger partial charge in [0, 0.05) is 18.2 Å². The minimum Gasteiger partial charge on any atom is -0.453 e. The zero-order valence-electron chi connectivity index (χ0n) is 20.2. The van der Waals surface area contributed by atoms with Crippen LogP contribution in [0.15, 0.2) is 30.3 Å². The molecule has 6 nitrogen and oxygen atoms in total. The predicted molar refractivity (Wildman–Crippen MR) is 127 cm³/mol. The zero-order valence-corrected chi connectivity index (χ0v) is 21.7. The number of alkyl halides is 6. The maximum atomic E-state index is 13.4. The van der Waals surface area contributed by atoms with Gasteiger partial charge in [0.05, 0.1) is 46.6 Å². The molecule has 208 valence electrons. The van der Waals surface area contributed by atoms with E-state index in [0.717, 1.165) is 12.0 Å². The number of ether oxygens (including phenoxy) is 2. The molecule has 2 aromatic rings. The molecular weight excluding hydrogens is 565 g/mol. The van der Waals surface area contributed by atoms with Crippen molar-refractivity contribution < 1.29 is 45.4 Å². The summed E-state index contributed by atoms with van der Waals surface area (Å²) in [6, 6.07) is 2.32. The minimum absolute atomic E-state index is 0.00293. The second kappa shape index (κ2) is 11.1. The van der Waals surface area contributed by atoms with Gasteiger partial charge in [0.2, 0.25) is 0 Å². The molecule has 0 fully saturated rings. The Bertz CT molecular complexity index is 1190. The Morgan fingerprint density at radius 2 is 1.63 bits per heavy atom. The molecule has 3 rings (SSSR count). The third-order valence-electron chi connectivity index (χ3n) is 5.96. The number of halogens is 8. The Balaban J connectivity index is 2.16. The molecule has 2 aromatic carbocycles. The van der Waals surface area contributed by atoms with Crippen molar-refractivity contribution in [2.45, 2.75) is 51.2 Å². The molecule has 1 heterocycles. The lowest BCUT2D eigenvalue weighted by Gasteiger charge is -2.43. The van der Waals surface area contributed by atoms with Crippen LogP contribution in [0.1, 0.15) is 48.6 Å². The molecule has 0 radical (unpaired) electrons. The normalized spacial score (nSPS) is 17.6. The van der Waals surface area contributed by atoms with Crippen molar-refractivity contribution in [2.75, 3.05) is 18.6 Å². The molecule has 0 spiro atoms. The highest BCUT2D eigenvalue weighted by molar-refractivity contribution is 6.44. The molecule has 0 aliphatic carbocycles. The van der Waals surface area contributed by atoms with E-state index in [1.54, 1.807) is 13.8 Å². The minimum atomic E-state index is -5.07. The molecule has 0 N–H and O–H groups in total. The fraction of sp³-hybridized carbons (Fsp3) is 0.417. The summed E-state index contributed by atoms with van der Waals surface area (Å²) >= 11 is 12.6. The van der Waals surface area contributed by atoms with Crippen molar-refractivity contribution in [3.8, 4) is 0 Å². The summed E-state index contributed by atoms with van der Waals surface area (Å²) < 4.78 is 90.4. The molecule has 1 aliphatic rings. The molecule has 0 saturated heterocycles. The van der Waals surface area contributed by atoms with Gasteiger partial charge in [-0.3, -0.25) is 9.80 Å². The first kappa shape index (κ1) is 29.7. The molecule has 2 atom stereocenters. The zero-order chi connectivity index (χ0) is 28.6. The van der Waals surface area contributed by atoms with Crippen molar-refractivity contribution in [1.29, 1.82) is 0 Å². The first-order valence-corrected chi connectivity index (χ1v) is 11.9. The number of carbonyl (C=O) groups is 2. The van der Waals surface area contributed by atoms with E-state index in [1.807, 2.05) is 0 Å². The van der Waals surface area contributed by atoms with Crippen LogP contribution in [0.4, 0.5) is 41.6 Å². The number of methoxy groups -OCH3 is 1. The van der Waals surface area contributed by atoms with Gasteiger partial charge in [-0.1, -0.05) is 29.3 Å². The highest BCUT2D eigenvalue weighted by Gasteiger charge is 2.42. The standard InChI is InChI=1S/C24H22Cl2F6N2O4/c1-4-38-22(36)34-12(2)7-18(16-5-6-17(25)19(26)20(16)34)33(21(35)37-3)11-13-8-14(23(27,28)29)10-15(9-13)24(30,31)32/h5-6,8-10,12,18H,4,7,11H2,1-3H3/t12-,18+/m1/s1. The number of benzene rings is 2. The number of rotatable bonds is 4. The molecule has 2 amide bonds. The molecule has 0 bridgehead atoms. The first-order chi connectivity index (χ1) is 17.6. The third-order valence-corrected chi connectivity index (χ3v) is 6.75. The number of amides is 2. The van der Waals surface area contributed by atoms with E-state index in [2.05, 4.69) is 0 Å². The van der Waals surface area contributed by atoms with Crippen molar-refractivity contribution in [3.05, 3.63) is 62.6 Å². The van der Waals surface area contributed by atoms with Gasteiger partial charge in [-0.25, -0.2) is 9.59 Å². The smallest absolute Gasteiger partial charge is 0.416 e. The highest BCUT2D eigenvalue weighted by atomic mass is 35.5. The summed E-state index contributed by atoms with van der Waals surface area (Å²) in [6.45, 7) is 2.59. The first-order valence-electron chi connectivity index (χ1n) is 11.2. The number of hydrogen-bond donors (Lipinski definition) is 0. The van der Waals surface area contributed by atoms with Crippen LogP contribution >= 0.6 is 23.2 Å². The van der Waals surface area contributed by atoms with E-state index in [-0.39, 0.29) is 40.4 Å². The average Bonchev–Trinajstić information content (AvgIpc) is 2.83. The fourth-order valence-corrected chi connectivity index (χ4v) is 4.75. The van der Waals surface area contributed by atoms with E-state index in [9.17, 15) is 35.9 Å². The lowest BCUT2D eigenvalue weighted by Crippen LogP contribution is -2.47. The van der Waals surface area contributed by atoms with Crippen molar-refractivity contribution in [3.63, 3.8) is 0 Å². The number of anilines is 1. The lowest BCUT2D eigenvalue weighted by molar-refractivity contribution is -0.143.